The Hall–Kier alpha value is -1.41. The van der Waals surface area contributed by atoms with Gasteiger partial charge in [-0.2, -0.15) is 13.2 Å². The van der Waals surface area contributed by atoms with E-state index >= 15 is 0 Å². The number of aromatic nitrogens is 3. The van der Waals surface area contributed by atoms with E-state index < -0.39 is 11.7 Å². The molecule has 0 amide bonds. The van der Waals surface area contributed by atoms with Crippen molar-refractivity contribution in [3.63, 3.8) is 0 Å². The summed E-state index contributed by atoms with van der Waals surface area (Å²) >= 11 is 2.85. The first-order valence-corrected chi connectivity index (χ1v) is 5.60. The largest absolute Gasteiger partial charge is 0.417 e. The molecule has 0 unspecified atom stereocenters. The summed E-state index contributed by atoms with van der Waals surface area (Å²) in [4.78, 5) is 0. The lowest BCUT2D eigenvalue weighted by Crippen LogP contribution is -2.07. The second kappa shape index (κ2) is 4.69. The number of aliphatic hydroxyl groups is 1. The van der Waals surface area contributed by atoms with E-state index in [0.717, 1.165) is 6.07 Å². The number of aliphatic hydroxyl groups excluding tert-OH is 1. The third-order valence-corrected chi connectivity index (χ3v) is 2.91. The van der Waals surface area contributed by atoms with Gasteiger partial charge in [-0.15, -0.1) is 5.10 Å². The third-order valence-electron chi connectivity index (χ3n) is 2.22. The minimum Gasteiger partial charge on any atom is -0.390 e. The molecular weight excluding hydrogens is 315 g/mol. The molecule has 1 aromatic heterocycles. The van der Waals surface area contributed by atoms with E-state index in [-0.39, 0.29) is 22.5 Å². The van der Waals surface area contributed by atoms with Gasteiger partial charge in [0.15, 0.2) is 0 Å². The quantitative estimate of drug-likeness (QED) is 0.924. The first-order valence-electron chi connectivity index (χ1n) is 4.81. The van der Waals surface area contributed by atoms with E-state index in [1.807, 2.05) is 0 Å². The van der Waals surface area contributed by atoms with Crippen molar-refractivity contribution in [1.29, 1.82) is 0 Å². The molecule has 0 radical (unpaired) electrons. The van der Waals surface area contributed by atoms with E-state index in [2.05, 4.69) is 26.2 Å². The van der Waals surface area contributed by atoms with Crippen LogP contribution in [0, 0.1) is 0 Å². The highest BCUT2D eigenvalue weighted by atomic mass is 79.9. The topological polar surface area (TPSA) is 50.9 Å². The van der Waals surface area contributed by atoms with Gasteiger partial charge in [-0.1, -0.05) is 21.1 Å². The molecule has 1 N–H and O–H groups in total. The zero-order chi connectivity index (χ0) is 13.3. The summed E-state index contributed by atoms with van der Waals surface area (Å²) in [6.45, 7) is -0.317. The molecule has 0 atom stereocenters. The maximum atomic E-state index is 12.7. The van der Waals surface area contributed by atoms with Crippen molar-refractivity contribution < 1.29 is 18.3 Å². The standard InChI is InChI=1S/C10H7BrF3N3O/c11-9-2-1-7(3-8(9)10(12,13)14)17-4-6(5-18)15-16-17/h1-4,18H,5H2. The number of halogens is 4. The molecule has 18 heavy (non-hydrogen) atoms. The van der Waals surface area contributed by atoms with Crippen LogP contribution in [0.2, 0.25) is 0 Å². The van der Waals surface area contributed by atoms with Gasteiger partial charge in [0.1, 0.15) is 5.69 Å². The van der Waals surface area contributed by atoms with Crippen molar-refractivity contribution in [2.45, 2.75) is 12.8 Å². The number of hydrogen-bond donors (Lipinski definition) is 1. The number of hydrogen-bond acceptors (Lipinski definition) is 3. The van der Waals surface area contributed by atoms with Crippen LogP contribution in [0.1, 0.15) is 11.3 Å². The minimum atomic E-state index is -4.45. The molecule has 0 aliphatic rings. The van der Waals surface area contributed by atoms with Crippen molar-refractivity contribution in [2.75, 3.05) is 0 Å². The second-order valence-electron chi connectivity index (χ2n) is 3.47. The average Bonchev–Trinajstić information content (AvgIpc) is 2.76. The lowest BCUT2D eigenvalue weighted by atomic mass is 10.2. The zero-order valence-electron chi connectivity index (χ0n) is 8.82. The minimum absolute atomic E-state index is 0.0405. The predicted octanol–water partition coefficient (Wildman–Crippen LogP) is 2.54. The fourth-order valence-corrected chi connectivity index (χ4v) is 1.84. The van der Waals surface area contributed by atoms with Crippen molar-refractivity contribution in [2.24, 2.45) is 0 Å². The number of rotatable bonds is 2. The van der Waals surface area contributed by atoms with E-state index in [4.69, 9.17) is 5.11 Å². The highest BCUT2D eigenvalue weighted by Crippen LogP contribution is 2.35. The molecule has 0 bridgehead atoms. The molecule has 96 valence electrons. The summed E-state index contributed by atoms with van der Waals surface area (Å²) in [5.41, 5.74) is -0.287. The second-order valence-corrected chi connectivity index (χ2v) is 4.33. The van der Waals surface area contributed by atoms with Crippen LogP contribution in [0.3, 0.4) is 0 Å². The van der Waals surface area contributed by atoms with Gasteiger partial charge in [0, 0.05) is 4.47 Å². The molecule has 1 heterocycles. The van der Waals surface area contributed by atoms with Gasteiger partial charge in [-0.3, -0.25) is 0 Å². The summed E-state index contributed by atoms with van der Waals surface area (Å²) in [7, 11) is 0. The molecule has 0 saturated carbocycles. The lowest BCUT2D eigenvalue weighted by Gasteiger charge is -2.10. The van der Waals surface area contributed by atoms with Crippen LogP contribution in [-0.2, 0) is 12.8 Å². The van der Waals surface area contributed by atoms with Crippen LogP contribution >= 0.6 is 15.9 Å². The molecule has 2 aromatic rings. The highest BCUT2D eigenvalue weighted by molar-refractivity contribution is 9.10. The van der Waals surface area contributed by atoms with E-state index in [9.17, 15) is 13.2 Å². The van der Waals surface area contributed by atoms with E-state index in [1.54, 1.807) is 0 Å². The van der Waals surface area contributed by atoms with Crippen molar-refractivity contribution >= 4 is 15.9 Å². The maximum absolute atomic E-state index is 12.7. The molecule has 1 aromatic carbocycles. The molecular formula is C10H7BrF3N3O. The number of benzene rings is 1. The molecule has 0 spiro atoms. The Balaban J connectivity index is 2.47. The van der Waals surface area contributed by atoms with Crippen LogP contribution in [0.25, 0.3) is 5.69 Å². The summed E-state index contributed by atoms with van der Waals surface area (Å²) in [5.74, 6) is 0. The molecule has 0 fully saturated rings. The van der Waals surface area contributed by atoms with Gasteiger partial charge in [0.25, 0.3) is 0 Å². The summed E-state index contributed by atoms with van der Waals surface area (Å²) in [6.07, 6.45) is -3.08. The van der Waals surface area contributed by atoms with Crippen molar-refractivity contribution in [3.8, 4) is 5.69 Å². The fourth-order valence-electron chi connectivity index (χ4n) is 1.37. The van der Waals surface area contributed by atoms with Crippen LogP contribution in [0.15, 0.2) is 28.9 Å². The van der Waals surface area contributed by atoms with Gasteiger partial charge in [0.2, 0.25) is 0 Å². The summed E-state index contributed by atoms with van der Waals surface area (Å²) < 4.78 is 39.2. The monoisotopic (exact) mass is 321 g/mol. The van der Waals surface area contributed by atoms with Crippen LogP contribution in [0.4, 0.5) is 13.2 Å². The van der Waals surface area contributed by atoms with Gasteiger partial charge < -0.3 is 5.11 Å². The summed E-state index contributed by atoms with van der Waals surface area (Å²) in [5, 5.41) is 16.1. The van der Waals surface area contributed by atoms with Crippen molar-refractivity contribution in [3.05, 3.63) is 40.1 Å². The predicted molar refractivity (Wildman–Crippen MR) is 60.0 cm³/mol. The number of alkyl halides is 3. The maximum Gasteiger partial charge on any atom is 0.417 e. The first-order chi connectivity index (χ1) is 8.41. The normalized spacial score (nSPS) is 11.8. The van der Waals surface area contributed by atoms with Gasteiger partial charge in [0.05, 0.1) is 24.1 Å². The molecule has 4 nitrogen and oxygen atoms in total. The van der Waals surface area contributed by atoms with Crippen LogP contribution in [0.5, 0.6) is 0 Å². The Morgan fingerprint density at radius 2 is 2.06 bits per heavy atom. The Kier molecular flexibility index (Phi) is 3.40. The number of nitrogens with zero attached hydrogens (tertiary/aromatic N) is 3. The van der Waals surface area contributed by atoms with E-state index in [0.29, 0.717) is 0 Å². The first kappa shape index (κ1) is 13.0. The van der Waals surface area contributed by atoms with Gasteiger partial charge in [-0.05, 0) is 18.2 Å². The lowest BCUT2D eigenvalue weighted by molar-refractivity contribution is -0.138. The van der Waals surface area contributed by atoms with Gasteiger partial charge >= 0.3 is 6.18 Å². The van der Waals surface area contributed by atoms with Crippen LogP contribution < -0.4 is 0 Å². The molecule has 0 saturated heterocycles. The smallest absolute Gasteiger partial charge is 0.390 e. The zero-order valence-corrected chi connectivity index (χ0v) is 10.4. The summed E-state index contributed by atoms with van der Waals surface area (Å²) in [6, 6.07) is 3.72. The highest BCUT2D eigenvalue weighted by Gasteiger charge is 2.33. The van der Waals surface area contributed by atoms with Crippen LogP contribution in [-0.4, -0.2) is 20.1 Å². The molecule has 0 aliphatic heterocycles. The van der Waals surface area contributed by atoms with Gasteiger partial charge in [-0.25, -0.2) is 4.68 Å². The van der Waals surface area contributed by atoms with E-state index in [1.165, 1.54) is 23.0 Å². The Morgan fingerprint density at radius 1 is 1.33 bits per heavy atom. The SMILES string of the molecule is OCc1cn(-c2ccc(Br)c(C(F)(F)F)c2)nn1. The fraction of sp³-hybridized carbons (Fsp3) is 0.200. The Labute approximate surface area is 108 Å². The molecule has 0 aliphatic carbocycles. The Morgan fingerprint density at radius 3 is 2.61 bits per heavy atom. The average molecular weight is 322 g/mol. The molecule has 2 rings (SSSR count). The van der Waals surface area contributed by atoms with Crippen molar-refractivity contribution in [1.82, 2.24) is 15.0 Å². The molecule has 8 heteroatoms. The third kappa shape index (κ3) is 2.54. The Bertz CT molecular complexity index is 568.